The van der Waals surface area contributed by atoms with E-state index in [2.05, 4.69) is 26.2 Å². The lowest BCUT2D eigenvalue weighted by atomic mass is 10.2. The zero-order valence-corrected chi connectivity index (χ0v) is 12.2. The van der Waals surface area contributed by atoms with Crippen LogP contribution in [0.3, 0.4) is 0 Å². The van der Waals surface area contributed by atoms with Gasteiger partial charge in [-0.3, -0.25) is 0 Å². The second-order valence-electron chi connectivity index (χ2n) is 4.25. The first-order valence-corrected chi connectivity index (χ1v) is 6.71. The van der Waals surface area contributed by atoms with Gasteiger partial charge in [-0.2, -0.15) is 13.2 Å². The van der Waals surface area contributed by atoms with Crippen LogP contribution in [0.1, 0.15) is 24.6 Å². The van der Waals surface area contributed by atoms with E-state index in [1.807, 2.05) is 6.92 Å². The smallest absolute Gasteiger partial charge is 0.381 e. The summed E-state index contributed by atoms with van der Waals surface area (Å²) in [5, 5.41) is 7.57. The van der Waals surface area contributed by atoms with E-state index in [-0.39, 0.29) is 11.5 Å². The van der Waals surface area contributed by atoms with E-state index < -0.39 is 11.7 Å². The van der Waals surface area contributed by atoms with Gasteiger partial charge in [0.25, 0.3) is 0 Å². The van der Waals surface area contributed by atoms with Gasteiger partial charge in [-0.05, 0) is 40.5 Å². The van der Waals surface area contributed by atoms with Gasteiger partial charge in [0.2, 0.25) is 0 Å². The first kappa shape index (κ1) is 14.8. The van der Waals surface area contributed by atoms with Crippen molar-refractivity contribution in [2.24, 2.45) is 0 Å². The highest BCUT2D eigenvalue weighted by molar-refractivity contribution is 9.10. The van der Waals surface area contributed by atoms with Crippen LogP contribution in [0.2, 0.25) is 0 Å². The van der Waals surface area contributed by atoms with Crippen molar-refractivity contribution in [2.75, 3.05) is 5.73 Å². The molecular weight excluding hydrogens is 337 g/mol. The molecule has 2 N–H and O–H groups in total. The van der Waals surface area contributed by atoms with Crippen LogP contribution in [-0.2, 0) is 12.6 Å². The zero-order chi connectivity index (χ0) is 14.9. The fourth-order valence-electron chi connectivity index (χ4n) is 1.83. The Morgan fingerprint density at radius 3 is 2.65 bits per heavy atom. The van der Waals surface area contributed by atoms with Gasteiger partial charge in [0, 0.05) is 4.47 Å². The Balaban J connectivity index is 2.58. The molecule has 0 saturated carbocycles. The highest BCUT2D eigenvalue weighted by atomic mass is 79.9. The van der Waals surface area contributed by atoms with Gasteiger partial charge in [0.15, 0.2) is 5.82 Å². The standard InChI is InChI=1S/C12H12BrF3N4/c1-2-3-9-11(17)18-19-20(9)10-6-7(12(14,15)16)4-5-8(10)13/h4-6H,2-3,17H2,1H3. The molecule has 2 rings (SSSR count). The van der Waals surface area contributed by atoms with Gasteiger partial charge < -0.3 is 5.73 Å². The SMILES string of the molecule is CCCc1c(N)nnn1-c1cc(C(F)(F)F)ccc1Br. The van der Waals surface area contributed by atoms with Gasteiger partial charge >= 0.3 is 6.18 Å². The second kappa shape index (κ2) is 5.43. The van der Waals surface area contributed by atoms with Crippen LogP contribution in [0.4, 0.5) is 19.0 Å². The van der Waals surface area contributed by atoms with E-state index in [0.717, 1.165) is 18.6 Å². The van der Waals surface area contributed by atoms with Gasteiger partial charge in [-0.25, -0.2) is 4.68 Å². The summed E-state index contributed by atoms with van der Waals surface area (Å²) in [6.07, 6.45) is -3.04. The fraction of sp³-hybridized carbons (Fsp3) is 0.333. The van der Waals surface area contributed by atoms with Crippen molar-refractivity contribution >= 4 is 21.7 Å². The van der Waals surface area contributed by atoms with Crippen molar-refractivity contribution in [1.82, 2.24) is 15.0 Å². The number of nitrogens with zero attached hydrogens (tertiary/aromatic N) is 3. The van der Waals surface area contributed by atoms with Crippen LogP contribution in [0.15, 0.2) is 22.7 Å². The quantitative estimate of drug-likeness (QED) is 0.922. The molecule has 0 aliphatic carbocycles. The van der Waals surface area contributed by atoms with Crippen molar-refractivity contribution in [1.29, 1.82) is 0 Å². The van der Waals surface area contributed by atoms with Crippen molar-refractivity contribution in [3.05, 3.63) is 33.9 Å². The predicted octanol–water partition coefficient (Wildman–Crippen LogP) is 3.58. The number of hydrogen-bond acceptors (Lipinski definition) is 3. The van der Waals surface area contributed by atoms with Gasteiger partial charge in [0.1, 0.15) is 0 Å². The Morgan fingerprint density at radius 2 is 2.05 bits per heavy atom. The molecule has 2 aromatic rings. The molecule has 8 heteroatoms. The molecule has 0 aliphatic rings. The summed E-state index contributed by atoms with van der Waals surface area (Å²) >= 11 is 3.23. The van der Waals surface area contributed by atoms with Crippen LogP contribution in [0, 0.1) is 0 Å². The average molecular weight is 349 g/mol. The normalized spacial score (nSPS) is 11.8. The molecule has 0 atom stereocenters. The fourth-order valence-corrected chi connectivity index (χ4v) is 2.24. The summed E-state index contributed by atoms with van der Waals surface area (Å²) in [5.74, 6) is 0.233. The van der Waals surface area contributed by atoms with Crippen molar-refractivity contribution < 1.29 is 13.2 Å². The molecule has 0 amide bonds. The largest absolute Gasteiger partial charge is 0.416 e. The number of rotatable bonds is 3. The Hall–Kier alpha value is -1.57. The lowest BCUT2D eigenvalue weighted by molar-refractivity contribution is -0.137. The lowest BCUT2D eigenvalue weighted by Crippen LogP contribution is -2.09. The lowest BCUT2D eigenvalue weighted by Gasteiger charge is -2.12. The Labute approximate surface area is 121 Å². The zero-order valence-electron chi connectivity index (χ0n) is 10.6. The summed E-state index contributed by atoms with van der Waals surface area (Å²) in [6.45, 7) is 1.94. The van der Waals surface area contributed by atoms with Crippen LogP contribution in [0.5, 0.6) is 0 Å². The minimum absolute atomic E-state index is 0.233. The molecular formula is C12H12BrF3N4. The van der Waals surface area contributed by atoms with E-state index in [0.29, 0.717) is 16.6 Å². The molecule has 0 saturated heterocycles. The molecule has 108 valence electrons. The number of alkyl halides is 3. The van der Waals surface area contributed by atoms with Crippen molar-refractivity contribution in [3.63, 3.8) is 0 Å². The molecule has 0 fully saturated rings. The van der Waals surface area contributed by atoms with E-state index in [4.69, 9.17) is 5.73 Å². The monoisotopic (exact) mass is 348 g/mol. The third-order valence-corrected chi connectivity index (χ3v) is 3.45. The summed E-state index contributed by atoms with van der Waals surface area (Å²) < 4.78 is 40.2. The number of nitrogens with two attached hydrogens (primary N) is 1. The average Bonchev–Trinajstić information content (AvgIpc) is 2.71. The molecule has 1 aromatic carbocycles. The second-order valence-corrected chi connectivity index (χ2v) is 5.10. The maximum atomic E-state index is 12.8. The third kappa shape index (κ3) is 2.79. The van der Waals surface area contributed by atoms with Gasteiger partial charge in [-0.15, -0.1) is 5.10 Å². The number of hydrogen-bond donors (Lipinski definition) is 1. The first-order valence-electron chi connectivity index (χ1n) is 5.91. The van der Waals surface area contributed by atoms with Gasteiger partial charge in [-0.1, -0.05) is 18.6 Å². The maximum absolute atomic E-state index is 12.8. The van der Waals surface area contributed by atoms with Crippen LogP contribution >= 0.6 is 15.9 Å². The summed E-state index contributed by atoms with van der Waals surface area (Å²) in [5.41, 5.74) is 5.84. The first-order chi connectivity index (χ1) is 9.34. The Kier molecular flexibility index (Phi) is 4.03. The molecule has 0 bridgehead atoms. The van der Waals surface area contributed by atoms with E-state index in [1.165, 1.54) is 10.7 Å². The minimum Gasteiger partial charge on any atom is -0.381 e. The third-order valence-electron chi connectivity index (χ3n) is 2.78. The Morgan fingerprint density at radius 1 is 1.35 bits per heavy atom. The van der Waals surface area contributed by atoms with E-state index in [9.17, 15) is 13.2 Å². The number of nitrogen functional groups attached to an aromatic ring is 1. The Bertz CT molecular complexity index is 622. The van der Waals surface area contributed by atoms with Crippen molar-refractivity contribution in [2.45, 2.75) is 25.9 Å². The number of anilines is 1. The molecule has 0 radical (unpaired) electrons. The number of benzene rings is 1. The highest BCUT2D eigenvalue weighted by Crippen LogP contribution is 2.33. The number of halogens is 4. The minimum atomic E-state index is -4.41. The molecule has 0 unspecified atom stereocenters. The highest BCUT2D eigenvalue weighted by Gasteiger charge is 2.31. The van der Waals surface area contributed by atoms with Crippen LogP contribution in [0.25, 0.3) is 5.69 Å². The summed E-state index contributed by atoms with van der Waals surface area (Å²) in [4.78, 5) is 0. The van der Waals surface area contributed by atoms with Crippen molar-refractivity contribution in [3.8, 4) is 5.69 Å². The maximum Gasteiger partial charge on any atom is 0.416 e. The van der Waals surface area contributed by atoms with E-state index in [1.54, 1.807) is 0 Å². The van der Waals surface area contributed by atoms with E-state index >= 15 is 0 Å². The summed E-state index contributed by atoms with van der Waals surface area (Å²) in [6, 6.07) is 3.37. The topological polar surface area (TPSA) is 56.7 Å². The van der Waals surface area contributed by atoms with Crippen LogP contribution in [-0.4, -0.2) is 15.0 Å². The molecule has 1 heterocycles. The molecule has 1 aromatic heterocycles. The molecule has 20 heavy (non-hydrogen) atoms. The molecule has 0 aliphatic heterocycles. The number of aromatic nitrogens is 3. The summed E-state index contributed by atoms with van der Waals surface area (Å²) in [7, 11) is 0. The molecule has 0 spiro atoms. The molecule has 4 nitrogen and oxygen atoms in total. The van der Waals surface area contributed by atoms with Crippen LogP contribution < -0.4 is 5.73 Å². The van der Waals surface area contributed by atoms with Gasteiger partial charge in [0.05, 0.1) is 16.9 Å². The predicted molar refractivity (Wildman–Crippen MR) is 72.5 cm³/mol.